The minimum atomic E-state index is -0.848. The molecule has 3 rings (SSSR count). The Morgan fingerprint density at radius 2 is 1.74 bits per heavy atom. The zero-order valence-corrected chi connectivity index (χ0v) is 21.1. The number of hydrogen-bond donors (Lipinski definition) is 0. The molecule has 0 heterocycles. The molecule has 0 aliphatic heterocycles. The van der Waals surface area contributed by atoms with Crippen LogP contribution in [0.3, 0.4) is 0 Å². The minimum Gasteiger partial charge on any atom is -0.494 e. The highest BCUT2D eigenvalue weighted by Crippen LogP contribution is 2.43. The SMILES string of the molecule is CCOC(=O)C1C(=O)C=C(c2cc(Br)c(OC)c(Br)c2)CC1c1ccc(N(C)C)cc1. The van der Waals surface area contributed by atoms with Gasteiger partial charge in [-0.15, -0.1) is 0 Å². The maximum absolute atomic E-state index is 13.1. The fraction of sp³-hybridized carbons (Fsp3) is 0.333. The molecule has 0 bridgehead atoms. The van der Waals surface area contributed by atoms with Gasteiger partial charge in [0.25, 0.3) is 0 Å². The predicted octanol–water partition coefficient (Wildman–Crippen LogP) is 5.61. The van der Waals surface area contributed by atoms with Crippen molar-refractivity contribution in [3.8, 4) is 5.75 Å². The Bertz CT molecular complexity index is 992. The first-order valence-electron chi connectivity index (χ1n) is 9.98. The molecule has 164 valence electrons. The third-order valence-electron chi connectivity index (χ3n) is 5.42. The molecular formula is C24H25Br2NO4. The molecule has 0 aromatic heterocycles. The second kappa shape index (κ2) is 10.0. The summed E-state index contributed by atoms with van der Waals surface area (Å²) in [5.74, 6) is -1.17. The van der Waals surface area contributed by atoms with E-state index in [-0.39, 0.29) is 18.3 Å². The van der Waals surface area contributed by atoms with Crippen molar-refractivity contribution in [2.24, 2.45) is 5.92 Å². The van der Waals surface area contributed by atoms with Crippen LogP contribution in [-0.2, 0) is 14.3 Å². The van der Waals surface area contributed by atoms with Crippen molar-refractivity contribution in [1.29, 1.82) is 0 Å². The molecule has 1 aliphatic rings. The average Bonchev–Trinajstić information content (AvgIpc) is 2.73. The van der Waals surface area contributed by atoms with E-state index in [4.69, 9.17) is 9.47 Å². The number of methoxy groups -OCH3 is 1. The monoisotopic (exact) mass is 549 g/mol. The Kier molecular flexibility index (Phi) is 7.59. The fourth-order valence-electron chi connectivity index (χ4n) is 3.86. The maximum Gasteiger partial charge on any atom is 0.317 e. The molecule has 0 spiro atoms. The van der Waals surface area contributed by atoms with Gasteiger partial charge >= 0.3 is 5.97 Å². The lowest BCUT2D eigenvalue weighted by atomic mass is 9.73. The van der Waals surface area contributed by atoms with Gasteiger partial charge in [0.15, 0.2) is 5.78 Å². The summed E-state index contributed by atoms with van der Waals surface area (Å²) in [6, 6.07) is 11.8. The van der Waals surface area contributed by atoms with Crippen LogP contribution in [0.25, 0.3) is 5.57 Å². The van der Waals surface area contributed by atoms with Crippen molar-refractivity contribution in [2.45, 2.75) is 19.3 Å². The normalized spacial score (nSPS) is 18.4. The third-order valence-corrected chi connectivity index (χ3v) is 6.59. The lowest BCUT2D eigenvalue weighted by Crippen LogP contribution is -2.34. The van der Waals surface area contributed by atoms with E-state index in [0.717, 1.165) is 31.3 Å². The number of halogens is 2. The van der Waals surface area contributed by atoms with Crippen LogP contribution in [0.4, 0.5) is 5.69 Å². The van der Waals surface area contributed by atoms with E-state index in [1.165, 1.54) is 0 Å². The van der Waals surface area contributed by atoms with Crippen molar-refractivity contribution < 1.29 is 19.1 Å². The standard InChI is InChI=1S/C24H25Br2NO4/c1-5-31-24(29)22-18(14-6-8-17(9-7-14)27(2)3)10-15(13-21(22)28)16-11-19(25)23(30-4)20(26)12-16/h6-9,11-13,18,22H,5,10H2,1-4H3. The zero-order chi connectivity index (χ0) is 22.7. The molecule has 0 amide bonds. The van der Waals surface area contributed by atoms with Gasteiger partial charge in [-0.1, -0.05) is 12.1 Å². The van der Waals surface area contributed by atoms with E-state index < -0.39 is 11.9 Å². The number of allylic oxidation sites excluding steroid dienone is 2. The lowest BCUT2D eigenvalue weighted by molar-refractivity contribution is -0.151. The smallest absolute Gasteiger partial charge is 0.317 e. The van der Waals surface area contributed by atoms with Crippen LogP contribution in [0.2, 0.25) is 0 Å². The Balaban J connectivity index is 2.04. The molecule has 2 aromatic rings. The van der Waals surface area contributed by atoms with E-state index >= 15 is 0 Å². The second-order valence-electron chi connectivity index (χ2n) is 7.57. The van der Waals surface area contributed by atoms with E-state index in [2.05, 4.69) is 31.9 Å². The number of hydrogen-bond acceptors (Lipinski definition) is 5. The summed E-state index contributed by atoms with van der Waals surface area (Å²) in [6.07, 6.45) is 2.12. The highest BCUT2D eigenvalue weighted by molar-refractivity contribution is 9.11. The quantitative estimate of drug-likeness (QED) is 0.346. The van der Waals surface area contributed by atoms with Gasteiger partial charge in [0.1, 0.15) is 11.7 Å². The number of nitrogens with zero attached hydrogens (tertiary/aromatic N) is 1. The summed E-state index contributed by atoms with van der Waals surface area (Å²) in [4.78, 5) is 27.8. The number of benzene rings is 2. The van der Waals surface area contributed by atoms with E-state index in [0.29, 0.717) is 12.2 Å². The van der Waals surface area contributed by atoms with Crippen LogP contribution in [-0.4, -0.2) is 39.6 Å². The van der Waals surface area contributed by atoms with Gasteiger partial charge in [-0.05, 0) is 92.2 Å². The largest absolute Gasteiger partial charge is 0.494 e. The summed E-state index contributed by atoms with van der Waals surface area (Å²) < 4.78 is 12.2. The number of ketones is 1. The summed E-state index contributed by atoms with van der Waals surface area (Å²) >= 11 is 7.06. The number of carbonyl (C=O) groups excluding carboxylic acids is 2. The van der Waals surface area contributed by atoms with Crippen molar-refractivity contribution >= 4 is 54.9 Å². The van der Waals surface area contributed by atoms with Crippen LogP contribution in [0.15, 0.2) is 51.4 Å². The Morgan fingerprint density at radius 3 is 2.26 bits per heavy atom. The lowest BCUT2D eigenvalue weighted by Gasteiger charge is -2.30. The molecule has 2 aromatic carbocycles. The van der Waals surface area contributed by atoms with Gasteiger partial charge in [-0.2, -0.15) is 0 Å². The number of carbonyl (C=O) groups is 2. The van der Waals surface area contributed by atoms with Crippen LogP contribution in [0.1, 0.15) is 30.4 Å². The molecular weight excluding hydrogens is 526 g/mol. The highest BCUT2D eigenvalue weighted by atomic mass is 79.9. The zero-order valence-electron chi connectivity index (χ0n) is 17.9. The molecule has 1 aliphatic carbocycles. The number of ether oxygens (including phenoxy) is 2. The Morgan fingerprint density at radius 1 is 1.13 bits per heavy atom. The van der Waals surface area contributed by atoms with Gasteiger partial charge < -0.3 is 14.4 Å². The molecule has 5 nitrogen and oxygen atoms in total. The third kappa shape index (κ3) is 5.04. The van der Waals surface area contributed by atoms with Crippen molar-refractivity contribution in [1.82, 2.24) is 0 Å². The summed E-state index contributed by atoms with van der Waals surface area (Å²) in [5.41, 5.74) is 3.76. The minimum absolute atomic E-state index is 0.232. The van der Waals surface area contributed by atoms with Crippen molar-refractivity contribution in [3.05, 3.63) is 62.5 Å². The van der Waals surface area contributed by atoms with Gasteiger partial charge in [0, 0.05) is 25.7 Å². The van der Waals surface area contributed by atoms with E-state index in [1.54, 1.807) is 20.1 Å². The van der Waals surface area contributed by atoms with Crippen LogP contribution in [0, 0.1) is 5.92 Å². The average molecular weight is 551 g/mol. The molecule has 31 heavy (non-hydrogen) atoms. The van der Waals surface area contributed by atoms with E-state index in [9.17, 15) is 9.59 Å². The molecule has 0 saturated carbocycles. The van der Waals surface area contributed by atoms with Gasteiger partial charge in [0.2, 0.25) is 0 Å². The fourth-order valence-corrected chi connectivity index (χ4v) is 5.37. The van der Waals surface area contributed by atoms with Gasteiger partial charge in [-0.3, -0.25) is 9.59 Å². The summed E-state index contributed by atoms with van der Waals surface area (Å²) in [7, 11) is 5.55. The van der Waals surface area contributed by atoms with Gasteiger partial charge in [-0.25, -0.2) is 0 Å². The molecule has 7 heteroatoms. The number of esters is 1. The number of rotatable bonds is 6. The molecule has 0 radical (unpaired) electrons. The van der Waals surface area contributed by atoms with Gasteiger partial charge in [0.05, 0.1) is 22.7 Å². The van der Waals surface area contributed by atoms with Crippen LogP contribution >= 0.6 is 31.9 Å². The van der Waals surface area contributed by atoms with E-state index in [1.807, 2.05) is 55.4 Å². The molecule has 2 atom stereocenters. The highest BCUT2D eigenvalue weighted by Gasteiger charge is 2.39. The summed E-state index contributed by atoms with van der Waals surface area (Å²) in [5, 5.41) is 0. The van der Waals surface area contributed by atoms with Crippen LogP contribution < -0.4 is 9.64 Å². The molecule has 0 N–H and O–H groups in total. The molecule has 0 fully saturated rings. The summed E-state index contributed by atoms with van der Waals surface area (Å²) in [6.45, 7) is 1.99. The topological polar surface area (TPSA) is 55.8 Å². The second-order valence-corrected chi connectivity index (χ2v) is 9.28. The number of anilines is 1. The van der Waals surface area contributed by atoms with Crippen molar-refractivity contribution in [3.63, 3.8) is 0 Å². The first-order chi connectivity index (χ1) is 14.8. The first-order valence-corrected chi connectivity index (χ1v) is 11.6. The molecule has 2 unspecified atom stereocenters. The van der Waals surface area contributed by atoms with Crippen LogP contribution in [0.5, 0.6) is 5.75 Å². The Hall–Kier alpha value is -2.12. The first kappa shape index (κ1) is 23.5. The predicted molar refractivity (Wildman–Crippen MR) is 130 cm³/mol. The Labute approximate surface area is 199 Å². The van der Waals surface area contributed by atoms with Crippen molar-refractivity contribution in [2.75, 3.05) is 32.7 Å². The maximum atomic E-state index is 13.1. The molecule has 0 saturated heterocycles.